The molecule has 2 atom stereocenters. The Bertz CT molecular complexity index is 504. The van der Waals surface area contributed by atoms with Crippen LogP contribution in [0.25, 0.3) is 0 Å². The maximum atomic E-state index is 11.1. The van der Waals surface area contributed by atoms with Crippen molar-refractivity contribution in [3.05, 3.63) is 23.3 Å². The van der Waals surface area contributed by atoms with Gasteiger partial charge in [0.2, 0.25) is 0 Å². The first-order chi connectivity index (χ1) is 14.0. The molecule has 0 bridgehead atoms. The van der Waals surface area contributed by atoms with E-state index in [-0.39, 0.29) is 0 Å². The molecule has 0 amide bonds. The van der Waals surface area contributed by atoms with E-state index in [0.29, 0.717) is 17.6 Å². The SMILES string of the molecule is CCCCCCCCCSc1cc(C(C)CCCC)c(O)c(C(C)CCCC)c1. The summed E-state index contributed by atoms with van der Waals surface area (Å²) in [5.41, 5.74) is 2.36. The average Bonchev–Trinajstić information content (AvgIpc) is 2.72. The maximum absolute atomic E-state index is 11.1. The molecular weight excluding hydrogens is 372 g/mol. The molecule has 0 heterocycles. The molecule has 2 unspecified atom stereocenters. The van der Waals surface area contributed by atoms with Gasteiger partial charge >= 0.3 is 0 Å². The van der Waals surface area contributed by atoms with Gasteiger partial charge in [-0.15, -0.1) is 11.8 Å². The summed E-state index contributed by atoms with van der Waals surface area (Å²) in [6.45, 7) is 11.4. The fourth-order valence-corrected chi connectivity index (χ4v) is 5.07. The Balaban J connectivity index is 2.76. The fourth-order valence-electron chi connectivity index (χ4n) is 4.07. The van der Waals surface area contributed by atoms with Crippen LogP contribution in [0.2, 0.25) is 0 Å². The first-order valence-corrected chi connectivity index (χ1v) is 13.5. The molecule has 1 N–H and O–H groups in total. The van der Waals surface area contributed by atoms with E-state index < -0.39 is 0 Å². The highest BCUT2D eigenvalue weighted by Crippen LogP contribution is 2.40. The summed E-state index contributed by atoms with van der Waals surface area (Å²) in [6, 6.07) is 4.58. The van der Waals surface area contributed by atoms with Crippen molar-refractivity contribution in [2.75, 3.05) is 5.75 Å². The molecule has 29 heavy (non-hydrogen) atoms. The summed E-state index contributed by atoms with van der Waals surface area (Å²) in [4.78, 5) is 1.37. The van der Waals surface area contributed by atoms with Crippen molar-refractivity contribution < 1.29 is 5.11 Å². The van der Waals surface area contributed by atoms with Crippen molar-refractivity contribution in [2.24, 2.45) is 0 Å². The molecule has 1 rings (SSSR count). The number of rotatable bonds is 17. The highest BCUT2D eigenvalue weighted by molar-refractivity contribution is 7.99. The van der Waals surface area contributed by atoms with Crippen LogP contribution >= 0.6 is 11.8 Å². The van der Waals surface area contributed by atoms with Crippen LogP contribution in [0.15, 0.2) is 17.0 Å². The highest BCUT2D eigenvalue weighted by atomic mass is 32.2. The van der Waals surface area contributed by atoms with Gasteiger partial charge in [-0.2, -0.15) is 0 Å². The van der Waals surface area contributed by atoms with Crippen LogP contribution in [0.3, 0.4) is 0 Å². The lowest BCUT2D eigenvalue weighted by Gasteiger charge is -2.21. The minimum Gasteiger partial charge on any atom is -0.507 e. The van der Waals surface area contributed by atoms with Crippen molar-refractivity contribution in [3.8, 4) is 5.75 Å². The molecule has 1 aromatic rings. The van der Waals surface area contributed by atoms with Crippen molar-refractivity contribution in [1.82, 2.24) is 0 Å². The summed E-state index contributed by atoms with van der Waals surface area (Å²) in [6.07, 6.45) is 16.8. The molecule has 2 heteroatoms. The molecule has 0 saturated carbocycles. The van der Waals surface area contributed by atoms with Gasteiger partial charge in [0.05, 0.1) is 0 Å². The molecular formula is C27H48OS. The third-order valence-electron chi connectivity index (χ3n) is 6.20. The van der Waals surface area contributed by atoms with E-state index in [0.717, 1.165) is 0 Å². The number of hydrogen-bond donors (Lipinski definition) is 1. The molecule has 0 radical (unpaired) electrons. The molecule has 0 aliphatic heterocycles. The summed E-state index contributed by atoms with van der Waals surface area (Å²) >= 11 is 2.00. The van der Waals surface area contributed by atoms with E-state index in [1.807, 2.05) is 11.8 Å². The zero-order valence-corrected chi connectivity index (χ0v) is 20.9. The summed E-state index contributed by atoms with van der Waals surface area (Å²) in [5, 5.41) is 11.1. The highest BCUT2D eigenvalue weighted by Gasteiger charge is 2.19. The van der Waals surface area contributed by atoms with Gasteiger partial charge in [-0.05, 0) is 60.1 Å². The van der Waals surface area contributed by atoms with E-state index in [1.54, 1.807) is 0 Å². The van der Waals surface area contributed by atoms with Crippen LogP contribution in [-0.4, -0.2) is 10.9 Å². The molecule has 1 nitrogen and oxygen atoms in total. The molecule has 168 valence electrons. The molecule has 0 aromatic heterocycles. The Morgan fingerprint density at radius 2 is 1.14 bits per heavy atom. The van der Waals surface area contributed by atoms with Crippen molar-refractivity contribution in [1.29, 1.82) is 0 Å². The fraction of sp³-hybridized carbons (Fsp3) is 0.778. The Hall–Kier alpha value is -0.630. The van der Waals surface area contributed by atoms with Gasteiger partial charge in [-0.3, -0.25) is 0 Å². The topological polar surface area (TPSA) is 20.2 Å². The summed E-state index contributed by atoms with van der Waals surface area (Å²) in [5.74, 6) is 2.65. The first-order valence-electron chi connectivity index (χ1n) is 12.5. The monoisotopic (exact) mass is 420 g/mol. The van der Waals surface area contributed by atoms with E-state index in [1.165, 1.54) is 105 Å². The van der Waals surface area contributed by atoms with Crippen LogP contribution in [0.1, 0.15) is 141 Å². The second-order valence-electron chi connectivity index (χ2n) is 9.01. The number of aromatic hydroxyl groups is 1. The summed E-state index contributed by atoms with van der Waals surface area (Å²) < 4.78 is 0. The predicted molar refractivity (Wildman–Crippen MR) is 133 cm³/mol. The number of unbranched alkanes of at least 4 members (excludes halogenated alkanes) is 8. The zero-order chi connectivity index (χ0) is 21.5. The van der Waals surface area contributed by atoms with Crippen LogP contribution in [0.4, 0.5) is 0 Å². The minimum absolute atomic E-state index is 0.436. The third-order valence-corrected chi connectivity index (χ3v) is 7.26. The van der Waals surface area contributed by atoms with E-state index in [4.69, 9.17) is 0 Å². The number of phenolic OH excluding ortho intramolecular Hbond substituents is 1. The first kappa shape index (κ1) is 26.4. The van der Waals surface area contributed by atoms with Gasteiger partial charge in [0.25, 0.3) is 0 Å². The van der Waals surface area contributed by atoms with Gasteiger partial charge < -0.3 is 5.11 Å². The molecule has 0 spiro atoms. The van der Waals surface area contributed by atoms with Crippen LogP contribution in [0.5, 0.6) is 5.75 Å². The van der Waals surface area contributed by atoms with Gasteiger partial charge in [-0.25, -0.2) is 0 Å². The number of benzene rings is 1. The lowest BCUT2D eigenvalue weighted by molar-refractivity contribution is 0.443. The zero-order valence-electron chi connectivity index (χ0n) is 20.1. The number of phenols is 1. The van der Waals surface area contributed by atoms with Crippen molar-refractivity contribution >= 4 is 11.8 Å². The predicted octanol–water partition coefficient (Wildman–Crippen LogP) is 9.82. The third kappa shape index (κ3) is 10.3. The van der Waals surface area contributed by atoms with Crippen LogP contribution < -0.4 is 0 Å². The van der Waals surface area contributed by atoms with E-state index >= 15 is 0 Å². The molecule has 0 aliphatic rings. The Morgan fingerprint density at radius 1 is 0.690 bits per heavy atom. The van der Waals surface area contributed by atoms with Crippen LogP contribution in [-0.2, 0) is 0 Å². The molecule has 1 aromatic carbocycles. The summed E-state index contributed by atoms with van der Waals surface area (Å²) in [7, 11) is 0. The second-order valence-corrected chi connectivity index (χ2v) is 10.2. The number of thioether (sulfide) groups is 1. The molecule has 0 saturated heterocycles. The van der Waals surface area contributed by atoms with Gasteiger partial charge in [0.1, 0.15) is 5.75 Å². The van der Waals surface area contributed by atoms with E-state index in [9.17, 15) is 5.11 Å². The van der Waals surface area contributed by atoms with Crippen molar-refractivity contribution in [2.45, 2.75) is 135 Å². The Kier molecular flexibility index (Phi) is 14.7. The van der Waals surface area contributed by atoms with E-state index in [2.05, 4.69) is 46.8 Å². The van der Waals surface area contributed by atoms with Gasteiger partial charge in [-0.1, -0.05) is 98.8 Å². The number of hydrogen-bond acceptors (Lipinski definition) is 2. The lowest BCUT2D eigenvalue weighted by atomic mass is 9.88. The largest absolute Gasteiger partial charge is 0.507 e. The Morgan fingerprint density at radius 3 is 1.62 bits per heavy atom. The second kappa shape index (κ2) is 16.1. The smallest absolute Gasteiger partial charge is 0.122 e. The standard InChI is InChI=1S/C27H48OS/c1-6-9-12-13-14-15-16-19-29-24-20-25(22(4)17-10-7-2)27(28)26(21-24)23(5)18-11-8-3/h20-23,28H,6-19H2,1-5H3. The minimum atomic E-state index is 0.436. The van der Waals surface area contributed by atoms with Gasteiger partial charge in [0.15, 0.2) is 0 Å². The Labute approximate surface area is 186 Å². The van der Waals surface area contributed by atoms with Crippen LogP contribution in [0, 0.1) is 0 Å². The average molecular weight is 421 g/mol. The molecule has 0 aliphatic carbocycles. The molecule has 0 fully saturated rings. The quantitative estimate of drug-likeness (QED) is 0.200. The van der Waals surface area contributed by atoms with Crippen molar-refractivity contribution in [3.63, 3.8) is 0 Å². The normalized spacial score (nSPS) is 13.6. The maximum Gasteiger partial charge on any atom is 0.122 e. The lowest BCUT2D eigenvalue weighted by Crippen LogP contribution is -2.01. The van der Waals surface area contributed by atoms with Gasteiger partial charge in [0, 0.05) is 4.90 Å².